The first-order valence-corrected chi connectivity index (χ1v) is 5.81. The Kier molecular flexibility index (Phi) is 3.83. The molecule has 3 nitrogen and oxygen atoms in total. The summed E-state index contributed by atoms with van der Waals surface area (Å²) < 4.78 is 0. The Morgan fingerprint density at radius 1 is 1.24 bits per heavy atom. The third-order valence-electron chi connectivity index (χ3n) is 2.72. The van der Waals surface area contributed by atoms with Crippen molar-refractivity contribution in [3.8, 4) is 0 Å². The molecule has 0 aliphatic heterocycles. The van der Waals surface area contributed by atoms with Crippen LogP contribution in [0.4, 0.5) is 0 Å². The maximum Gasteiger partial charge on any atom is 0.0545 e. The van der Waals surface area contributed by atoms with Gasteiger partial charge >= 0.3 is 0 Å². The van der Waals surface area contributed by atoms with Gasteiger partial charge in [0, 0.05) is 30.7 Å². The summed E-state index contributed by atoms with van der Waals surface area (Å²) in [4.78, 5) is 8.58. The van der Waals surface area contributed by atoms with E-state index in [0.29, 0.717) is 0 Å². The van der Waals surface area contributed by atoms with E-state index in [1.54, 1.807) is 6.20 Å². The molecule has 0 saturated carbocycles. The molecule has 0 aromatic carbocycles. The first-order chi connectivity index (χ1) is 8.25. The van der Waals surface area contributed by atoms with Crippen LogP contribution in [0.2, 0.25) is 0 Å². The predicted octanol–water partition coefficient (Wildman–Crippen LogP) is 2.64. The lowest BCUT2D eigenvalue weighted by Crippen LogP contribution is -2.18. The third kappa shape index (κ3) is 3.36. The summed E-state index contributed by atoms with van der Waals surface area (Å²) in [7, 11) is 0. The highest BCUT2D eigenvalue weighted by molar-refractivity contribution is 5.14. The molecule has 0 spiro atoms. The fraction of sp³-hybridized carbons (Fsp3) is 0.286. The van der Waals surface area contributed by atoms with Gasteiger partial charge in [0.2, 0.25) is 0 Å². The maximum absolute atomic E-state index is 4.46. The number of hydrogen-bond donors (Lipinski definition) is 1. The molecule has 0 amide bonds. The normalized spacial score (nSPS) is 12.4. The Morgan fingerprint density at radius 3 is 2.82 bits per heavy atom. The quantitative estimate of drug-likeness (QED) is 0.872. The van der Waals surface area contributed by atoms with Crippen molar-refractivity contribution in [2.45, 2.75) is 26.4 Å². The largest absolute Gasteiger partial charge is 0.305 e. The van der Waals surface area contributed by atoms with Gasteiger partial charge in [-0.1, -0.05) is 12.1 Å². The number of nitrogens with zero attached hydrogens (tertiary/aromatic N) is 2. The molecule has 2 heterocycles. The van der Waals surface area contributed by atoms with Crippen molar-refractivity contribution in [3.63, 3.8) is 0 Å². The molecule has 0 aliphatic carbocycles. The van der Waals surface area contributed by atoms with E-state index in [0.717, 1.165) is 17.9 Å². The third-order valence-corrected chi connectivity index (χ3v) is 2.72. The van der Waals surface area contributed by atoms with Gasteiger partial charge in [-0.25, -0.2) is 0 Å². The van der Waals surface area contributed by atoms with Crippen LogP contribution in [0.15, 0.2) is 42.7 Å². The maximum atomic E-state index is 4.46. The first-order valence-electron chi connectivity index (χ1n) is 5.81. The summed E-state index contributed by atoms with van der Waals surface area (Å²) in [6, 6.07) is 10.4. The van der Waals surface area contributed by atoms with E-state index in [2.05, 4.69) is 28.3 Å². The molecule has 2 aromatic heterocycles. The van der Waals surface area contributed by atoms with Crippen molar-refractivity contribution < 1.29 is 0 Å². The van der Waals surface area contributed by atoms with Crippen molar-refractivity contribution in [1.82, 2.24) is 15.3 Å². The summed E-state index contributed by atoms with van der Waals surface area (Å²) in [5.74, 6) is 0. The summed E-state index contributed by atoms with van der Waals surface area (Å²) in [6.07, 6.45) is 3.68. The van der Waals surface area contributed by atoms with Gasteiger partial charge in [0.25, 0.3) is 0 Å². The van der Waals surface area contributed by atoms with Gasteiger partial charge < -0.3 is 5.32 Å². The average molecular weight is 227 g/mol. The van der Waals surface area contributed by atoms with Crippen LogP contribution in [0.3, 0.4) is 0 Å². The zero-order valence-corrected chi connectivity index (χ0v) is 10.2. The number of pyridine rings is 2. The van der Waals surface area contributed by atoms with Gasteiger partial charge in [0.05, 0.1) is 5.69 Å². The minimum Gasteiger partial charge on any atom is -0.305 e. The van der Waals surface area contributed by atoms with Gasteiger partial charge in [0.1, 0.15) is 0 Å². The molecule has 0 unspecified atom stereocenters. The molecule has 88 valence electrons. The van der Waals surface area contributed by atoms with Gasteiger partial charge in [-0.15, -0.1) is 0 Å². The smallest absolute Gasteiger partial charge is 0.0545 e. The van der Waals surface area contributed by atoms with E-state index in [1.807, 2.05) is 37.4 Å². The second kappa shape index (κ2) is 5.55. The van der Waals surface area contributed by atoms with Crippen molar-refractivity contribution in [2.75, 3.05) is 0 Å². The van der Waals surface area contributed by atoms with E-state index < -0.39 is 0 Å². The lowest BCUT2D eigenvalue weighted by Gasteiger charge is -2.13. The number of rotatable bonds is 4. The molecule has 2 rings (SSSR count). The van der Waals surface area contributed by atoms with E-state index in [4.69, 9.17) is 0 Å². The Hall–Kier alpha value is -1.74. The monoisotopic (exact) mass is 227 g/mol. The summed E-state index contributed by atoms with van der Waals surface area (Å²) >= 11 is 0. The SMILES string of the molecule is Cc1cccc(CN[C@H](C)c2cccnc2)n1. The lowest BCUT2D eigenvalue weighted by atomic mass is 10.1. The van der Waals surface area contributed by atoms with Crippen molar-refractivity contribution >= 4 is 0 Å². The highest BCUT2D eigenvalue weighted by Crippen LogP contribution is 2.10. The Labute approximate surface area is 102 Å². The van der Waals surface area contributed by atoms with Crippen LogP contribution in [0, 0.1) is 6.92 Å². The van der Waals surface area contributed by atoms with Crippen LogP contribution in [-0.2, 0) is 6.54 Å². The minimum absolute atomic E-state index is 0.283. The van der Waals surface area contributed by atoms with E-state index in [9.17, 15) is 0 Å². The fourth-order valence-electron chi connectivity index (χ4n) is 1.71. The molecule has 1 N–H and O–H groups in total. The lowest BCUT2D eigenvalue weighted by molar-refractivity contribution is 0.565. The number of aryl methyl sites for hydroxylation is 1. The summed E-state index contributed by atoms with van der Waals surface area (Å²) in [5, 5.41) is 3.44. The van der Waals surface area contributed by atoms with Crippen molar-refractivity contribution in [3.05, 3.63) is 59.7 Å². The van der Waals surface area contributed by atoms with Crippen LogP contribution in [0.1, 0.15) is 29.9 Å². The summed E-state index contributed by atoms with van der Waals surface area (Å²) in [6.45, 7) is 4.92. The van der Waals surface area contributed by atoms with Crippen LogP contribution in [0.5, 0.6) is 0 Å². The molecule has 0 bridgehead atoms. The molecule has 2 aromatic rings. The van der Waals surface area contributed by atoms with Crippen molar-refractivity contribution in [2.24, 2.45) is 0 Å². The van der Waals surface area contributed by atoms with Crippen molar-refractivity contribution in [1.29, 1.82) is 0 Å². The van der Waals surface area contributed by atoms with E-state index in [-0.39, 0.29) is 6.04 Å². The molecule has 0 radical (unpaired) electrons. The van der Waals surface area contributed by atoms with Gasteiger partial charge in [-0.05, 0) is 37.6 Å². The molecular formula is C14H17N3. The molecule has 0 aliphatic rings. The second-order valence-corrected chi connectivity index (χ2v) is 4.16. The predicted molar refractivity (Wildman–Crippen MR) is 68.5 cm³/mol. The highest BCUT2D eigenvalue weighted by atomic mass is 14.9. The standard InChI is InChI=1S/C14H17N3/c1-11-5-3-7-14(17-11)10-16-12(2)13-6-4-8-15-9-13/h3-9,12,16H,10H2,1-2H3/t12-/m1/s1. The van der Waals surface area contributed by atoms with Gasteiger partial charge in [-0.3, -0.25) is 9.97 Å². The Balaban J connectivity index is 1.95. The van der Waals surface area contributed by atoms with Crippen LogP contribution < -0.4 is 5.32 Å². The minimum atomic E-state index is 0.283. The molecular weight excluding hydrogens is 210 g/mol. The Bertz CT molecular complexity index is 468. The van der Waals surface area contributed by atoms with Crippen LogP contribution in [-0.4, -0.2) is 9.97 Å². The van der Waals surface area contributed by atoms with Gasteiger partial charge in [0.15, 0.2) is 0 Å². The van der Waals surface area contributed by atoms with Crippen LogP contribution in [0.25, 0.3) is 0 Å². The number of hydrogen-bond acceptors (Lipinski definition) is 3. The van der Waals surface area contributed by atoms with Crippen LogP contribution >= 0.6 is 0 Å². The molecule has 1 atom stereocenters. The number of nitrogens with one attached hydrogen (secondary N) is 1. The first kappa shape index (κ1) is 11.7. The molecule has 17 heavy (non-hydrogen) atoms. The molecule has 3 heteroatoms. The molecule has 0 fully saturated rings. The van der Waals surface area contributed by atoms with Gasteiger partial charge in [-0.2, -0.15) is 0 Å². The number of aromatic nitrogens is 2. The zero-order valence-electron chi connectivity index (χ0n) is 10.2. The summed E-state index contributed by atoms with van der Waals surface area (Å²) in [5.41, 5.74) is 3.32. The van der Waals surface area contributed by atoms with E-state index in [1.165, 1.54) is 5.56 Å². The topological polar surface area (TPSA) is 37.8 Å². The fourth-order valence-corrected chi connectivity index (χ4v) is 1.71. The highest BCUT2D eigenvalue weighted by Gasteiger charge is 2.04. The zero-order chi connectivity index (χ0) is 12.1. The average Bonchev–Trinajstić information content (AvgIpc) is 2.37. The van der Waals surface area contributed by atoms with E-state index >= 15 is 0 Å². The second-order valence-electron chi connectivity index (χ2n) is 4.16. The Morgan fingerprint density at radius 2 is 2.12 bits per heavy atom. The molecule has 0 saturated heterocycles.